The molecule has 0 N–H and O–H groups in total. The quantitative estimate of drug-likeness (QED) is 0.677. The summed E-state index contributed by atoms with van der Waals surface area (Å²) in [6, 6.07) is 0. The van der Waals surface area contributed by atoms with Gasteiger partial charge in [-0.15, -0.1) is 0 Å². The summed E-state index contributed by atoms with van der Waals surface area (Å²) < 4.78 is 44.5. The molecular weight excluding hydrogens is 300 g/mol. The minimum absolute atomic E-state index is 0.0588. The third kappa shape index (κ3) is 2.78. The first-order valence-corrected chi connectivity index (χ1v) is 7.83. The summed E-state index contributed by atoms with van der Waals surface area (Å²) in [5, 5.41) is 0. The average molecular weight is 310 g/mol. The molecule has 2 atom stereocenters. The zero-order valence-corrected chi connectivity index (χ0v) is 11.8. The molecule has 104 valence electrons. The van der Waals surface area contributed by atoms with Gasteiger partial charge >= 0.3 is 0 Å². The highest BCUT2D eigenvalue weighted by Gasteiger charge is 2.31. The number of carbonyl (C=O) groups excluding carboxylic acids is 1. The van der Waals surface area contributed by atoms with E-state index in [-0.39, 0.29) is 9.73 Å². The van der Waals surface area contributed by atoms with E-state index in [9.17, 15) is 21.6 Å². The predicted octanol–water partition coefficient (Wildman–Crippen LogP) is 0.143. The fraction of sp³-hybridized carbons (Fsp3) is 0.154. The van der Waals surface area contributed by atoms with Crippen LogP contribution in [0.4, 0.5) is 0 Å². The van der Waals surface area contributed by atoms with E-state index in [2.05, 4.69) is 0 Å². The average Bonchev–Trinajstić information content (AvgIpc) is 2.46. The van der Waals surface area contributed by atoms with Crippen molar-refractivity contribution in [3.05, 3.63) is 48.6 Å². The predicted molar refractivity (Wildman–Crippen MR) is 76.4 cm³/mol. The Morgan fingerprint density at radius 1 is 0.750 bits per heavy atom. The van der Waals surface area contributed by atoms with Gasteiger partial charge in [0, 0.05) is 0 Å². The van der Waals surface area contributed by atoms with Gasteiger partial charge in [-0.2, -0.15) is 16.8 Å². The molecule has 0 heterocycles. The Hall–Kier alpha value is -1.99. The maximum atomic E-state index is 12.4. The van der Waals surface area contributed by atoms with Crippen molar-refractivity contribution < 1.29 is 21.6 Å². The number of Topliss-reactive ketones (excluding diaryl/α,β-unsaturated/α-hetero) is 1. The zero-order valence-electron chi connectivity index (χ0n) is 10.1. The Balaban J connectivity index is 2.47. The molecule has 2 aliphatic carbocycles. The van der Waals surface area contributed by atoms with Crippen molar-refractivity contribution in [2.75, 3.05) is 0 Å². The first kappa shape index (κ1) is 14.4. The molecule has 2 unspecified atom stereocenters. The van der Waals surface area contributed by atoms with Crippen molar-refractivity contribution >= 4 is 36.1 Å². The number of carbonyl (C=O) groups is 1. The number of allylic oxidation sites excluding steroid dienone is 8. The van der Waals surface area contributed by atoms with Crippen LogP contribution in [0.1, 0.15) is 0 Å². The fourth-order valence-electron chi connectivity index (χ4n) is 2.03. The third-order valence-electron chi connectivity index (χ3n) is 2.96. The molecule has 0 fully saturated rings. The van der Waals surface area contributed by atoms with Crippen LogP contribution in [0, 0.1) is 11.8 Å². The molecule has 0 saturated heterocycles. The van der Waals surface area contributed by atoms with Crippen molar-refractivity contribution in [3.8, 4) is 0 Å². The molecule has 0 amide bonds. The summed E-state index contributed by atoms with van der Waals surface area (Å²) in [5.41, 5.74) is 0. The Labute approximate surface area is 118 Å². The molecule has 0 bridgehead atoms. The van der Waals surface area contributed by atoms with Crippen LogP contribution >= 0.6 is 0 Å². The number of hydrogen-bond acceptors (Lipinski definition) is 5. The van der Waals surface area contributed by atoms with E-state index < -0.39 is 38.2 Å². The van der Waals surface area contributed by atoms with Crippen molar-refractivity contribution in [3.63, 3.8) is 0 Å². The van der Waals surface area contributed by atoms with Crippen molar-refractivity contribution in [2.45, 2.75) is 0 Å². The van der Waals surface area contributed by atoms with Crippen LogP contribution in [0.15, 0.2) is 48.6 Å². The van der Waals surface area contributed by atoms with Crippen LogP contribution in [0.3, 0.4) is 0 Å². The number of rotatable bonds is 2. The minimum atomic E-state index is -2.53. The Morgan fingerprint density at radius 2 is 1.15 bits per heavy atom. The standard InChI is InChI=1S/C13H10O5S2/c14-13(9-5-1-3-7-11(9)19(15)16)10-6-2-4-8-12(10)20(17)18/h1-10H. The first-order valence-electron chi connectivity index (χ1n) is 5.68. The van der Waals surface area contributed by atoms with Crippen LogP contribution in [-0.4, -0.2) is 32.3 Å². The monoisotopic (exact) mass is 310 g/mol. The summed E-state index contributed by atoms with van der Waals surface area (Å²) in [6.45, 7) is 0. The SMILES string of the molecule is O=C(C1C=CC=CC1=S(=O)=O)C1C=CC=CC1=S(=O)=O. The smallest absolute Gasteiger partial charge is 0.218 e. The summed E-state index contributed by atoms with van der Waals surface area (Å²) in [5.74, 6) is -2.40. The molecule has 0 radical (unpaired) electrons. The summed E-state index contributed by atoms with van der Waals surface area (Å²) in [7, 11) is -5.05. The second-order valence-corrected chi connectivity index (χ2v) is 6.00. The second kappa shape index (κ2) is 5.98. The van der Waals surface area contributed by atoms with Crippen molar-refractivity contribution in [1.82, 2.24) is 0 Å². The van der Waals surface area contributed by atoms with E-state index in [0.717, 1.165) is 0 Å². The largest absolute Gasteiger partial charge is 0.298 e. The lowest BCUT2D eigenvalue weighted by molar-refractivity contribution is -0.120. The van der Waals surface area contributed by atoms with Gasteiger partial charge in [0.1, 0.15) is 0 Å². The van der Waals surface area contributed by atoms with Gasteiger partial charge in [0.05, 0.1) is 21.6 Å². The minimum Gasteiger partial charge on any atom is -0.298 e. The molecule has 0 aromatic carbocycles. The van der Waals surface area contributed by atoms with E-state index in [4.69, 9.17) is 0 Å². The summed E-state index contributed by atoms with van der Waals surface area (Å²) in [6.07, 6.45) is 11.7. The lowest BCUT2D eigenvalue weighted by Gasteiger charge is -2.18. The van der Waals surface area contributed by atoms with Crippen LogP contribution in [-0.2, 0) is 25.4 Å². The molecule has 5 nitrogen and oxygen atoms in total. The van der Waals surface area contributed by atoms with Crippen molar-refractivity contribution in [2.24, 2.45) is 11.8 Å². The normalized spacial score (nSPS) is 24.0. The van der Waals surface area contributed by atoms with E-state index >= 15 is 0 Å². The molecule has 2 aliphatic rings. The van der Waals surface area contributed by atoms with Gasteiger partial charge in [0.15, 0.2) is 5.78 Å². The molecule has 20 heavy (non-hydrogen) atoms. The summed E-state index contributed by atoms with van der Waals surface area (Å²) >= 11 is 0. The van der Waals surface area contributed by atoms with Gasteiger partial charge in [-0.1, -0.05) is 36.5 Å². The lowest BCUT2D eigenvalue weighted by atomic mass is 9.85. The van der Waals surface area contributed by atoms with Crippen LogP contribution < -0.4 is 0 Å². The number of ketones is 1. The maximum absolute atomic E-state index is 12.4. The highest BCUT2D eigenvalue weighted by molar-refractivity contribution is 7.73. The molecule has 7 heteroatoms. The highest BCUT2D eigenvalue weighted by Crippen LogP contribution is 2.19. The van der Waals surface area contributed by atoms with Gasteiger partial charge in [0.2, 0.25) is 20.6 Å². The maximum Gasteiger partial charge on any atom is 0.218 e. The van der Waals surface area contributed by atoms with E-state index in [0.29, 0.717) is 0 Å². The van der Waals surface area contributed by atoms with Crippen LogP contribution in [0.2, 0.25) is 0 Å². The van der Waals surface area contributed by atoms with Gasteiger partial charge in [-0.3, -0.25) is 4.79 Å². The topological polar surface area (TPSA) is 85.3 Å². The van der Waals surface area contributed by atoms with E-state index in [1.807, 2.05) is 0 Å². The molecule has 0 aromatic heterocycles. The molecule has 0 saturated carbocycles. The van der Waals surface area contributed by atoms with Gasteiger partial charge in [-0.05, 0) is 12.2 Å². The van der Waals surface area contributed by atoms with Crippen molar-refractivity contribution in [1.29, 1.82) is 0 Å². The van der Waals surface area contributed by atoms with E-state index in [1.54, 1.807) is 12.2 Å². The second-order valence-electron chi connectivity index (χ2n) is 4.12. The first-order chi connectivity index (χ1) is 9.52. The highest BCUT2D eigenvalue weighted by atomic mass is 32.2. The van der Waals surface area contributed by atoms with Gasteiger partial charge < -0.3 is 0 Å². The Bertz CT molecular complexity index is 747. The van der Waals surface area contributed by atoms with Gasteiger partial charge in [0.25, 0.3) is 0 Å². The Kier molecular flexibility index (Phi) is 4.31. The molecule has 0 spiro atoms. The van der Waals surface area contributed by atoms with E-state index in [1.165, 1.54) is 36.5 Å². The van der Waals surface area contributed by atoms with Crippen LogP contribution in [0.25, 0.3) is 0 Å². The Morgan fingerprint density at radius 3 is 1.50 bits per heavy atom. The number of hydrogen-bond donors (Lipinski definition) is 0. The molecule has 0 aliphatic heterocycles. The van der Waals surface area contributed by atoms with Crippen LogP contribution in [0.5, 0.6) is 0 Å². The third-order valence-corrected chi connectivity index (χ3v) is 4.51. The zero-order chi connectivity index (χ0) is 14.7. The van der Waals surface area contributed by atoms with Gasteiger partial charge in [-0.25, -0.2) is 0 Å². The fourth-order valence-corrected chi connectivity index (χ4v) is 3.21. The lowest BCUT2D eigenvalue weighted by Crippen LogP contribution is -2.33. The summed E-state index contributed by atoms with van der Waals surface area (Å²) in [4.78, 5) is 12.3. The molecule has 0 aromatic rings. The molecule has 2 rings (SSSR count). The molecular formula is C13H10O5S2.